The highest BCUT2D eigenvalue weighted by molar-refractivity contribution is 6.30. The van der Waals surface area contributed by atoms with Crippen LogP contribution in [0.1, 0.15) is 26.2 Å². The first-order valence-corrected chi connectivity index (χ1v) is 6.58. The number of halogens is 1. The Balaban J connectivity index is 1.94. The van der Waals surface area contributed by atoms with Crippen LogP contribution in [0.25, 0.3) is 0 Å². The normalized spacial score (nSPS) is 16.1. The molecule has 1 atom stereocenters. The smallest absolute Gasteiger partial charge is 0.326 e. The van der Waals surface area contributed by atoms with Crippen molar-refractivity contribution in [3.8, 4) is 0 Å². The number of carboxylic acids is 1. The van der Waals surface area contributed by atoms with Gasteiger partial charge >= 0.3 is 5.97 Å². The molecular formula is C12H16ClN3O3. The predicted molar refractivity (Wildman–Crippen MR) is 68.8 cm³/mol. The van der Waals surface area contributed by atoms with Crippen molar-refractivity contribution in [2.75, 3.05) is 0 Å². The van der Waals surface area contributed by atoms with E-state index < -0.39 is 12.0 Å². The van der Waals surface area contributed by atoms with Crippen LogP contribution in [0.15, 0.2) is 12.4 Å². The highest BCUT2D eigenvalue weighted by atomic mass is 35.5. The Morgan fingerprint density at radius 2 is 2.32 bits per heavy atom. The zero-order valence-corrected chi connectivity index (χ0v) is 11.4. The minimum absolute atomic E-state index is 0.0832. The molecule has 1 aromatic heterocycles. The molecule has 0 spiro atoms. The van der Waals surface area contributed by atoms with Crippen molar-refractivity contribution >= 4 is 23.5 Å². The molecule has 1 saturated carbocycles. The molecule has 0 radical (unpaired) electrons. The molecule has 0 aromatic carbocycles. The van der Waals surface area contributed by atoms with E-state index >= 15 is 0 Å². The van der Waals surface area contributed by atoms with Gasteiger partial charge in [-0.1, -0.05) is 11.6 Å². The lowest BCUT2D eigenvalue weighted by Crippen LogP contribution is -2.45. The number of amides is 1. The zero-order valence-electron chi connectivity index (χ0n) is 10.6. The summed E-state index contributed by atoms with van der Waals surface area (Å²) in [6, 6.07) is -0.694. The van der Waals surface area contributed by atoms with Crippen LogP contribution < -0.4 is 0 Å². The summed E-state index contributed by atoms with van der Waals surface area (Å²) in [5.74, 6) is -1.12. The van der Waals surface area contributed by atoms with E-state index in [0.29, 0.717) is 11.6 Å². The van der Waals surface area contributed by atoms with Gasteiger partial charge < -0.3 is 10.0 Å². The van der Waals surface area contributed by atoms with Crippen LogP contribution in [0.3, 0.4) is 0 Å². The summed E-state index contributed by atoms with van der Waals surface area (Å²) < 4.78 is 1.58. The van der Waals surface area contributed by atoms with Crippen LogP contribution in [0, 0.1) is 0 Å². The number of rotatable bonds is 6. The second-order valence-corrected chi connectivity index (χ2v) is 5.15. The maximum atomic E-state index is 12.1. The lowest BCUT2D eigenvalue weighted by atomic mass is 10.2. The average molecular weight is 286 g/mol. The molecule has 2 rings (SSSR count). The number of carbonyl (C=O) groups excluding carboxylic acids is 1. The van der Waals surface area contributed by atoms with Crippen molar-refractivity contribution in [1.29, 1.82) is 0 Å². The fourth-order valence-corrected chi connectivity index (χ4v) is 2.16. The van der Waals surface area contributed by atoms with Crippen LogP contribution in [0.5, 0.6) is 0 Å². The third kappa shape index (κ3) is 3.47. The first kappa shape index (κ1) is 13.9. The van der Waals surface area contributed by atoms with Gasteiger partial charge in [-0.05, 0) is 19.8 Å². The maximum absolute atomic E-state index is 12.1. The maximum Gasteiger partial charge on any atom is 0.326 e. The van der Waals surface area contributed by atoms with Gasteiger partial charge in [-0.2, -0.15) is 5.10 Å². The van der Waals surface area contributed by atoms with E-state index in [0.717, 1.165) is 12.8 Å². The lowest BCUT2D eigenvalue weighted by Gasteiger charge is -2.26. The first-order valence-electron chi connectivity index (χ1n) is 6.21. The summed E-state index contributed by atoms with van der Waals surface area (Å²) in [6.45, 7) is 1.95. The summed E-state index contributed by atoms with van der Waals surface area (Å²) >= 11 is 5.73. The van der Waals surface area contributed by atoms with Crippen LogP contribution in [-0.2, 0) is 16.1 Å². The molecule has 1 aliphatic rings. The van der Waals surface area contributed by atoms with E-state index in [4.69, 9.17) is 16.7 Å². The van der Waals surface area contributed by atoms with Crippen LogP contribution in [0.4, 0.5) is 0 Å². The molecular weight excluding hydrogens is 270 g/mol. The minimum atomic E-state index is -0.970. The van der Waals surface area contributed by atoms with Crippen molar-refractivity contribution in [2.45, 2.75) is 44.8 Å². The zero-order chi connectivity index (χ0) is 14.0. The van der Waals surface area contributed by atoms with Gasteiger partial charge in [0, 0.05) is 25.2 Å². The van der Waals surface area contributed by atoms with Crippen LogP contribution >= 0.6 is 11.6 Å². The van der Waals surface area contributed by atoms with Crippen molar-refractivity contribution in [2.24, 2.45) is 0 Å². The number of aromatic nitrogens is 2. The van der Waals surface area contributed by atoms with E-state index in [1.165, 1.54) is 11.1 Å². The molecule has 0 saturated heterocycles. The quantitative estimate of drug-likeness (QED) is 0.857. The number of hydrogen-bond acceptors (Lipinski definition) is 3. The van der Waals surface area contributed by atoms with E-state index in [2.05, 4.69) is 5.10 Å². The van der Waals surface area contributed by atoms with Gasteiger partial charge in [-0.3, -0.25) is 9.48 Å². The molecule has 0 bridgehead atoms. The monoisotopic (exact) mass is 285 g/mol. The third-order valence-electron chi connectivity index (χ3n) is 3.16. The Labute approximate surface area is 115 Å². The molecule has 1 heterocycles. The summed E-state index contributed by atoms with van der Waals surface area (Å²) in [7, 11) is 0. The molecule has 0 aliphatic heterocycles. The van der Waals surface area contributed by atoms with Gasteiger partial charge in [0.15, 0.2) is 0 Å². The number of hydrogen-bond donors (Lipinski definition) is 1. The molecule has 104 valence electrons. The Hall–Kier alpha value is -1.56. The first-order chi connectivity index (χ1) is 8.99. The minimum Gasteiger partial charge on any atom is -0.480 e. The SMILES string of the molecule is CC(C(=O)O)N(C(=O)CCn1cc(Cl)cn1)C1CC1. The molecule has 1 aromatic rings. The van der Waals surface area contributed by atoms with Crippen molar-refractivity contribution in [3.63, 3.8) is 0 Å². The van der Waals surface area contributed by atoms with Crippen LogP contribution in [-0.4, -0.2) is 43.7 Å². The average Bonchev–Trinajstić information content (AvgIpc) is 3.09. The van der Waals surface area contributed by atoms with Crippen molar-refractivity contribution in [1.82, 2.24) is 14.7 Å². The highest BCUT2D eigenvalue weighted by Gasteiger charge is 2.37. The number of carboxylic acid groups (broad SMARTS) is 1. The largest absolute Gasteiger partial charge is 0.480 e. The van der Waals surface area contributed by atoms with Gasteiger partial charge in [-0.25, -0.2) is 4.79 Å². The van der Waals surface area contributed by atoms with Gasteiger partial charge in [-0.15, -0.1) is 0 Å². The molecule has 1 amide bonds. The molecule has 7 heteroatoms. The summed E-state index contributed by atoms with van der Waals surface area (Å²) in [5.41, 5.74) is 0. The predicted octanol–water partition coefficient (Wildman–Crippen LogP) is 1.39. The fraction of sp³-hybridized carbons (Fsp3) is 0.583. The molecule has 6 nitrogen and oxygen atoms in total. The number of nitrogens with zero attached hydrogens (tertiary/aromatic N) is 3. The van der Waals surface area contributed by atoms with Gasteiger partial charge in [0.25, 0.3) is 0 Å². The van der Waals surface area contributed by atoms with E-state index in [1.54, 1.807) is 17.8 Å². The van der Waals surface area contributed by atoms with E-state index in [1.807, 2.05) is 0 Å². The lowest BCUT2D eigenvalue weighted by molar-refractivity contribution is -0.150. The Bertz CT molecular complexity index is 484. The Morgan fingerprint density at radius 3 is 2.79 bits per heavy atom. The van der Waals surface area contributed by atoms with Crippen molar-refractivity contribution < 1.29 is 14.7 Å². The molecule has 1 fully saturated rings. The summed E-state index contributed by atoms with van der Waals surface area (Å²) in [5, 5.41) is 13.5. The summed E-state index contributed by atoms with van der Waals surface area (Å²) in [6.07, 6.45) is 5.14. The van der Waals surface area contributed by atoms with E-state index in [-0.39, 0.29) is 18.4 Å². The van der Waals surface area contributed by atoms with E-state index in [9.17, 15) is 9.59 Å². The fourth-order valence-electron chi connectivity index (χ4n) is 2.01. The molecule has 1 aliphatic carbocycles. The topological polar surface area (TPSA) is 75.4 Å². The van der Waals surface area contributed by atoms with Gasteiger partial charge in [0.05, 0.1) is 11.2 Å². The standard InChI is InChI=1S/C12H16ClN3O3/c1-8(12(18)19)16(10-2-3-10)11(17)4-5-15-7-9(13)6-14-15/h6-8,10H,2-5H2,1H3,(H,18,19). The Morgan fingerprint density at radius 1 is 1.63 bits per heavy atom. The molecule has 19 heavy (non-hydrogen) atoms. The summed E-state index contributed by atoms with van der Waals surface area (Å²) in [4.78, 5) is 24.6. The molecule has 1 unspecified atom stereocenters. The van der Waals surface area contributed by atoms with Crippen molar-refractivity contribution in [3.05, 3.63) is 17.4 Å². The number of carbonyl (C=O) groups is 2. The third-order valence-corrected chi connectivity index (χ3v) is 3.35. The number of aliphatic carboxylic acids is 1. The highest BCUT2D eigenvalue weighted by Crippen LogP contribution is 2.29. The number of aryl methyl sites for hydroxylation is 1. The molecule has 1 N–H and O–H groups in total. The Kier molecular flexibility index (Phi) is 4.09. The second-order valence-electron chi connectivity index (χ2n) is 4.72. The van der Waals surface area contributed by atoms with Gasteiger partial charge in [0.2, 0.25) is 5.91 Å². The second kappa shape index (κ2) is 5.61. The van der Waals surface area contributed by atoms with Gasteiger partial charge in [0.1, 0.15) is 6.04 Å². The van der Waals surface area contributed by atoms with Crippen LogP contribution in [0.2, 0.25) is 5.02 Å².